The third-order valence-corrected chi connectivity index (χ3v) is 4.38. The molecule has 0 heterocycles. The number of aliphatic hydroxyl groups is 1. The first-order valence-electron chi connectivity index (χ1n) is 7.64. The molecule has 0 spiro atoms. The van der Waals surface area contributed by atoms with Crippen LogP contribution < -0.4 is 0 Å². The maximum atomic E-state index is 12.4. The number of aryl methyl sites for hydroxylation is 1. The van der Waals surface area contributed by atoms with Crippen LogP contribution >= 0.6 is 0 Å². The molecule has 0 saturated heterocycles. The number of nitrogens with zero attached hydrogens (tertiary/aromatic N) is 2. The fourth-order valence-corrected chi connectivity index (χ4v) is 3.05. The van der Waals surface area contributed by atoms with Crippen LogP contribution in [0.4, 0.5) is 5.69 Å². The Morgan fingerprint density at radius 2 is 2.18 bits per heavy atom. The Labute approximate surface area is 129 Å². The van der Waals surface area contributed by atoms with Crippen molar-refractivity contribution in [2.75, 3.05) is 13.6 Å². The van der Waals surface area contributed by atoms with Crippen molar-refractivity contribution in [1.29, 1.82) is 0 Å². The molecule has 0 radical (unpaired) electrons. The largest absolute Gasteiger partial charge is 0.393 e. The van der Waals surface area contributed by atoms with Crippen LogP contribution in [0.15, 0.2) is 18.2 Å². The lowest BCUT2D eigenvalue weighted by molar-refractivity contribution is -0.385. The molecule has 1 aromatic rings. The van der Waals surface area contributed by atoms with Gasteiger partial charge in [0.05, 0.1) is 11.0 Å². The number of hydrogen-bond donors (Lipinski definition) is 1. The quantitative estimate of drug-likeness (QED) is 0.668. The maximum Gasteiger partial charge on any atom is 0.273 e. The normalized spacial score (nSPS) is 20.9. The second-order valence-corrected chi connectivity index (χ2v) is 5.90. The van der Waals surface area contributed by atoms with Crippen molar-refractivity contribution in [2.24, 2.45) is 5.92 Å². The van der Waals surface area contributed by atoms with Crippen molar-refractivity contribution in [2.45, 2.75) is 38.7 Å². The van der Waals surface area contributed by atoms with Crippen molar-refractivity contribution in [3.05, 3.63) is 39.4 Å². The summed E-state index contributed by atoms with van der Waals surface area (Å²) in [5.74, 6) is -0.149. The lowest BCUT2D eigenvalue weighted by Crippen LogP contribution is -2.34. The molecule has 1 amide bonds. The molecule has 0 aliphatic heterocycles. The molecule has 6 heteroatoms. The Morgan fingerprint density at radius 1 is 1.45 bits per heavy atom. The summed E-state index contributed by atoms with van der Waals surface area (Å²) in [4.78, 5) is 24.6. The van der Waals surface area contributed by atoms with Gasteiger partial charge in [-0.3, -0.25) is 14.9 Å². The second-order valence-electron chi connectivity index (χ2n) is 5.90. The summed E-state index contributed by atoms with van der Waals surface area (Å²) >= 11 is 0. The van der Waals surface area contributed by atoms with E-state index in [-0.39, 0.29) is 23.6 Å². The van der Waals surface area contributed by atoms with Gasteiger partial charge in [-0.2, -0.15) is 0 Å². The van der Waals surface area contributed by atoms with Crippen molar-refractivity contribution >= 4 is 11.6 Å². The summed E-state index contributed by atoms with van der Waals surface area (Å²) in [7, 11) is 1.67. The highest BCUT2D eigenvalue weighted by molar-refractivity contribution is 5.94. The second kappa shape index (κ2) is 6.87. The molecular weight excluding hydrogens is 284 g/mol. The van der Waals surface area contributed by atoms with E-state index in [0.717, 1.165) is 19.3 Å². The topological polar surface area (TPSA) is 83.7 Å². The summed E-state index contributed by atoms with van der Waals surface area (Å²) in [6, 6.07) is 4.63. The van der Waals surface area contributed by atoms with Crippen LogP contribution in [0.1, 0.15) is 42.1 Å². The molecule has 2 atom stereocenters. The van der Waals surface area contributed by atoms with Gasteiger partial charge in [-0.1, -0.05) is 19.4 Å². The number of amides is 1. The van der Waals surface area contributed by atoms with E-state index in [1.54, 1.807) is 24.1 Å². The predicted molar refractivity (Wildman–Crippen MR) is 82.8 cm³/mol. The smallest absolute Gasteiger partial charge is 0.273 e. The average molecular weight is 306 g/mol. The van der Waals surface area contributed by atoms with E-state index in [2.05, 4.69) is 0 Å². The molecule has 2 unspecified atom stereocenters. The third kappa shape index (κ3) is 3.44. The summed E-state index contributed by atoms with van der Waals surface area (Å²) in [6.45, 7) is 2.32. The van der Waals surface area contributed by atoms with Gasteiger partial charge in [0.15, 0.2) is 0 Å². The molecule has 0 aromatic heterocycles. The zero-order valence-electron chi connectivity index (χ0n) is 13.0. The number of aliphatic hydroxyl groups excluding tert-OH is 1. The lowest BCUT2D eigenvalue weighted by Gasteiger charge is -2.23. The third-order valence-electron chi connectivity index (χ3n) is 4.38. The molecule has 6 nitrogen and oxygen atoms in total. The van der Waals surface area contributed by atoms with E-state index in [9.17, 15) is 20.0 Å². The van der Waals surface area contributed by atoms with E-state index >= 15 is 0 Å². The van der Waals surface area contributed by atoms with Gasteiger partial charge in [0.1, 0.15) is 0 Å². The lowest BCUT2D eigenvalue weighted by atomic mass is 10.0. The van der Waals surface area contributed by atoms with Crippen LogP contribution in [0.5, 0.6) is 0 Å². The Morgan fingerprint density at radius 3 is 2.73 bits per heavy atom. The monoisotopic (exact) mass is 306 g/mol. The first kappa shape index (κ1) is 16.4. The van der Waals surface area contributed by atoms with Gasteiger partial charge in [0.2, 0.25) is 0 Å². The number of benzene rings is 1. The summed E-state index contributed by atoms with van der Waals surface area (Å²) in [6.07, 6.45) is 2.86. The van der Waals surface area contributed by atoms with E-state index in [1.807, 2.05) is 6.92 Å². The zero-order chi connectivity index (χ0) is 16.3. The molecule has 120 valence electrons. The highest BCUT2D eigenvalue weighted by Crippen LogP contribution is 2.27. The van der Waals surface area contributed by atoms with Gasteiger partial charge in [-0.25, -0.2) is 0 Å². The molecule has 1 saturated carbocycles. The predicted octanol–water partition coefficient (Wildman–Crippen LogP) is 2.39. The van der Waals surface area contributed by atoms with Crippen LogP contribution in [0.3, 0.4) is 0 Å². The number of carbonyl (C=O) groups excluding carboxylic acids is 1. The minimum Gasteiger partial charge on any atom is -0.393 e. The number of hydrogen-bond acceptors (Lipinski definition) is 4. The van der Waals surface area contributed by atoms with E-state index in [4.69, 9.17) is 0 Å². The van der Waals surface area contributed by atoms with Gasteiger partial charge in [-0.05, 0) is 25.3 Å². The highest BCUT2D eigenvalue weighted by atomic mass is 16.6. The van der Waals surface area contributed by atoms with Gasteiger partial charge < -0.3 is 10.0 Å². The number of nitro groups is 1. The zero-order valence-corrected chi connectivity index (χ0v) is 13.0. The van der Waals surface area contributed by atoms with Crippen molar-refractivity contribution < 1.29 is 14.8 Å². The summed E-state index contributed by atoms with van der Waals surface area (Å²) in [5.41, 5.74) is 0.928. The first-order chi connectivity index (χ1) is 10.4. The van der Waals surface area contributed by atoms with Crippen LogP contribution in [0, 0.1) is 16.0 Å². The molecule has 22 heavy (non-hydrogen) atoms. The van der Waals surface area contributed by atoms with Crippen molar-refractivity contribution in [3.63, 3.8) is 0 Å². The number of rotatable bonds is 5. The first-order valence-corrected chi connectivity index (χ1v) is 7.64. The van der Waals surface area contributed by atoms with Crippen LogP contribution in [0.2, 0.25) is 0 Å². The maximum absolute atomic E-state index is 12.4. The van der Waals surface area contributed by atoms with Gasteiger partial charge in [0, 0.05) is 36.7 Å². The molecule has 1 aromatic carbocycles. The fraction of sp³-hybridized carbons (Fsp3) is 0.562. The standard InChI is InChI=1S/C16H22N2O4/c1-3-11-7-8-12(9-14(11)18(21)22)16(20)17(2)10-13-5-4-6-15(13)19/h7-9,13,15,19H,3-6,10H2,1-2H3. The molecule has 1 aliphatic rings. The Hall–Kier alpha value is -1.95. The molecule has 1 aliphatic carbocycles. The van der Waals surface area contributed by atoms with Gasteiger partial charge in [-0.15, -0.1) is 0 Å². The Kier molecular flexibility index (Phi) is 5.13. The Bertz CT molecular complexity index is 573. The number of nitro benzene ring substituents is 1. The van der Waals surface area contributed by atoms with Crippen LogP contribution in [-0.4, -0.2) is 40.5 Å². The van der Waals surface area contributed by atoms with Gasteiger partial charge in [0.25, 0.3) is 11.6 Å². The van der Waals surface area contributed by atoms with Crippen LogP contribution in [-0.2, 0) is 6.42 Å². The minimum atomic E-state index is -0.448. The molecule has 0 bridgehead atoms. The molecule has 1 fully saturated rings. The van der Waals surface area contributed by atoms with E-state index < -0.39 is 4.92 Å². The van der Waals surface area contributed by atoms with Crippen molar-refractivity contribution in [3.8, 4) is 0 Å². The summed E-state index contributed by atoms with van der Waals surface area (Å²) in [5, 5.41) is 20.9. The SMILES string of the molecule is CCc1ccc(C(=O)N(C)CC2CCCC2O)cc1[N+](=O)[O-]. The van der Waals surface area contributed by atoms with E-state index in [1.165, 1.54) is 6.07 Å². The highest BCUT2D eigenvalue weighted by Gasteiger charge is 2.28. The van der Waals surface area contributed by atoms with Crippen LogP contribution in [0.25, 0.3) is 0 Å². The van der Waals surface area contributed by atoms with Gasteiger partial charge >= 0.3 is 0 Å². The average Bonchev–Trinajstić information content (AvgIpc) is 2.90. The van der Waals surface area contributed by atoms with E-state index in [0.29, 0.717) is 24.1 Å². The van der Waals surface area contributed by atoms with Crippen molar-refractivity contribution in [1.82, 2.24) is 4.90 Å². The summed E-state index contributed by atoms with van der Waals surface area (Å²) < 4.78 is 0. The number of carbonyl (C=O) groups is 1. The fourth-order valence-electron chi connectivity index (χ4n) is 3.05. The molecule has 1 N–H and O–H groups in total. The Balaban J connectivity index is 2.14. The molecule has 2 rings (SSSR count). The minimum absolute atomic E-state index is 0.0114. The molecular formula is C16H22N2O4.